The second kappa shape index (κ2) is 8.92. The lowest BCUT2D eigenvalue weighted by Gasteiger charge is -2.21. The first-order chi connectivity index (χ1) is 9.28. The van der Waals surface area contributed by atoms with Crippen LogP contribution in [0.3, 0.4) is 0 Å². The molecule has 0 amide bonds. The van der Waals surface area contributed by atoms with Crippen LogP contribution in [0.15, 0.2) is 22.6 Å². The molecule has 0 unspecified atom stereocenters. The molecular formula is C14H28N2O3Si. The van der Waals surface area contributed by atoms with Crippen LogP contribution < -0.4 is 0 Å². The minimum atomic E-state index is -3.10. The molecule has 0 heterocycles. The van der Waals surface area contributed by atoms with Crippen molar-refractivity contribution in [1.82, 2.24) is 0 Å². The number of oxime groups is 2. The van der Waals surface area contributed by atoms with Crippen molar-refractivity contribution in [2.24, 2.45) is 22.1 Å². The van der Waals surface area contributed by atoms with E-state index in [2.05, 4.69) is 16.9 Å². The smallest absolute Gasteiger partial charge is 0.380 e. The van der Waals surface area contributed by atoms with E-state index >= 15 is 0 Å². The van der Waals surface area contributed by atoms with Crippen LogP contribution >= 0.6 is 0 Å². The molecule has 0 saturated carbocycles. The number of nitrogens with zero attached hydrogens (tertiary/aromatic N) is 2. The standard InChI is InChI=1S/C14H28N2O3Si/c1-9-17-20(10-2,18-15-13(7)11(3)4)19-16-14(8)12(5)6/h10-12H,2,9H2,1,3-8H3. The first kappa shape index (κ1) is 18.9. The van der Waals surface area contributed by atoms with Crippen LogP contribution in [-0.2, 0) is 13.5 Å². The summed E-state index contributed by atoms with van der Waals surface area (Å²) in [5, 5.41) is 8.19. The normalized spacial score (nSPS) is 16.2. The number of hydrogen-bond acceptors (Lipinski definition) is 5. The van der Waals surface area contributed by atoms with Gasteiger partial charge in [0.25, 0.3) is 0 Å². The fourth-order valence-corrected chi connectivity index (χ4v) is 2.24. The van der Waals surface area contributed by atoms with E-state index < -0.39 is 8.80 Å². The van der Waals surface area contributed by atoms with E-state index in [1.54, 1.807) is 5.70 Å². The Kier molecular flexibility index (Phi) is 8.41. The Morgan fingerprint density at radius 3 is 1.70 bits per heavy atom. The van der Waals surface area contributed by atoms with Gasteiger partial charge in [-0.25, -0.2) is 0 Å². The molecule has 0 spiro atoms. The van der Waals surface area contributed by atoms with Gasteiger partial charge in [-0.2, -0.15) is 0 Å². The lowest BCUT2D eigenvalue weighted by molar-refractivity contribution is 0.0799. The highest BCUT2D eigenvalue weighted by Gasteiger charge is 2.44. The van der Waals surface area contributed by atoms with Gasteiger partial charge in [0.15, 0.2) is 0 Å². The predicted octanol–water partition coefficient (Wildman–Crippen LogP) is 3.78. The third-order valence-corrected chi connectivity index (χ3v) is 4.78. The molecule has 0 atom stereocenters. The molecule has 20 heavy (non-hydrogen) atoms. The zero-order valence-corrected chi connectivity index (χ0v) is 14.8. The summed E-state index contributed by atoms with van der Waals surface area (Å²) in [5.41, 5.74) is 3.29. The topological polar surface area (TPSA) is 52.4 Å². The zero-order chi connectivity index (χ0) is 15.8. The van der Waals surface area contributed by atoms with Crippen LogP contribution in [-0.4, -0.2) is 26.8 Å². The molecule has 0 saturated heterocycles. The summed E-state index contributed by atoms with van der Waals surface area (Å²) in [6.45, 7) is 18.0. The van der Waals surface area contributed by atoms with E-state index in [0.29, 0.717) is 18.4 Å². The van der Waals surface area contributed by atoms with Gasteiger partial charge in [0, 0.05) is 12.3 Å². The first-order valence-electron chi connectivity index (χ1n) is 7.00. The van der Waals surface area contributed by atoms with E-state index in [1.165, 1.54) is 0 Å². The Labute approximate surface area is 124 Å². The summed E-state index contributed by atoms with van der Waals surface area (Å²) in [7, 11) is -3.10. The van der Waals surface area contributed by atoms with Crippen LogP contribution in [0, 0.1) is 11.8 Å². The average molecular weight is 300 g/mol. The Hall–Kier alpha value is -1.14. The Bertz CT molecular complexity index is 339. The van der Waals surface area contributed by atoms with E-state index in [1.807, 2.05) is 48.5 Å². The van der Waals surface area contributed by atoms with Gasteiger partial charge < -0.3 is 13.5 Å². The monoisotopic (exact) mass is 300 g/mol. The lowest BCUT2D eigenvalue weighted by Crippen LogP contribution is -2.42. The molecule has 0 aromatic heterocycles. The maximum Gasteiger partial charge on any atom is 0.703 e. The molecule has 116 valence electrons. The van der Waals surface area contributed by atoms with Crippen LogP contribution in [0.5, 0.6) is 0 Å². The molecule has 0 aromatic carbocycles. The fourth-order valence-electron chi connectivity index (χ4n) is 0.886. The molecule has 0 radical (unpaired) electrons. The molecule has 5 nitrogen and oxygen atoms in total. The van der Waals surface area contributed by atoms with Crippen molar-refractivity contribution in [1.29, 1.82) is 0 Å². The van der Waals surface area contributed by atoms with Crippen LogP contribution in [0.4, 0.5) is 0 Å². The van der Waals surface area contributed by atoms with E-state index in [9.17, 15) is 0 Å². The van der Waals surface area contributed by atoms with Crippen molar-refractivity contribution < 1.29 is 13.5 Å². The number of hydrogen-bond donors (Lipinski definition) is 0. The summed E-state index contributed by atoms with van der Waals surface area (Å²) >= 11 is 0. The molecule has 0 N–H and O–H groups in total. The third-order valence-electron chi connectivity index (χ3n) is 2.90. The highest BCUT2D eigenvalue weighted by Crippen LogP contribution is 2.14. The minimum Gasteiger partial charge on any atom is -0.380 e. The van der Waals surface area contributed by atoms with Crippen molar-refractivity contribution in [2.75, 3.05) is 6.61 Å². The molecule has 0 aliphatic carbocycles. The summed E-state index contributed by atoms with van der Waals surface area (Å²) < 4.78 is 16.7. The van der Waals surface area contributed by atoms with E-state index in [4.69, 9.17) is 13.5 Å². The third kappa shape index (κ3) is 6.34. The number of rotatable bonds is 9. The first-order valence-corrected chi connectivity index (χ1v) is 8.81. The molecule has 0 aliphatic heterocycles. The summed E-state index contributed by atoms with van der Waals surface area (Å²) in [6.07, 6.45) is 0. The molecule has 0 fully saturated rings. The second-order valence-electron chi connectivity index (χ2n) is 5.20. The molecule has 0 aliphatic rings. The predicted molar refractivity (Wildman–Crippen MR) is 85.6 cm³/mol. The largest absolute Gasteiger partial charge is 0.703 e. The average Bonchev–Trinajstić information content (AvgIpc) is 2.40. The van der Waals surface area contributed by atoms with E-state index in [0.717, 1.165) is 11.4 Å². The van der Waals surface area contributed by atoms with Crippen molar-refractivity contribution in [2.45, 2.75) is 48.5 Å². The summed E-state index contributed by atoms with van der Waals surface area (Å²) in [4.78, 5) is 0. The Morgan fingerprint density at radius 2 is 1.45 bits per heavy atom. The highest BCUT2D eigenvalue weighted by atomic mass is 28.4. The quantitative estimate of drug-likeness (QED) is 0.370. The fraction of sp³-hybridized carbons (Fsp3) is 0.714. The van der Waals surface area contributed by atoms with Crippen LogP contribution in [0.2, 0.25) is 0 Å². The minimum absolute atomic E-state index is 0.300. The van der Waals surface area contributed by atoms with Gasteiger partial charge in [0.1, 0.15) is 0 Å². The van der Waals surface area contributed by atoms with Crippen LogP contribution in [0.25, 0.3) is 0 Å². The van der Waals surface area contributed by atoms with E-state index in [-0.39, 0.29) is 0 Å². The van der Waals surface area contributed by atoms with Crippen molar-refractivity contribution in [3.05, 3.63) is 12.3 Å². The Morgan fingerprint density at radius 1 is 1.05 bits per heavy atom. The summed E-state index contributed by atoms with van der Waals surface area (Å²) in [5.74, 6) is 0.600. The maximum atomic E-state index is 5.60. The maximum absolute atomic E-state index is 5.60. The van der Waals surface area contributed by atoms with Gasteiger partial charge in [0.05, 0.1) is 11.4 Å². The van der Waals surface area contributed by atoms with Crippen molar-refractivity contribution in [3.63, 3.8) is 0 Å². The zero-order valence-electron chi connectivity index (χ0n) is 13.8. The lowest BCUT2D eigenvalue weighted by atomic mass is 10.1. The van der Waals surface area contributed by atoms with Gasteiger partial charge >= 0.3 is 8.80 Å². The molecule has 0 aromatic rings. The van der Waals surface area contributed by atoms with Gasteiger partial charge in [-0.05, 0) is 32.6 Å². The molecule has 6 heteroatoms. The van der Waals surface area contributed by atoms with Gasteiger partial charge in [-0.3, -0.25) is 0 Å². The molecule has 0 bridgehead atoms. The summed E-state index contributed by atoms with van der Waals surface area (Å²) in [6, 6.07) is 0. The highest BCUT2D eigenvalue weighted by molar-refractivity contribution is 6.66. The molecular weight excluding hydrogens is 272 g/mol. The van der Waals surface area contributed by atoms with Crippen molar-refractivity contribution >= 4 is 20.2 Å². The Balaban J connectivity index is 5.05. The van der Waals surface area contributed by atoms with Crippen LogP contribution in [0.1, 0.15) is 48.5 Å². The van der Waals surface area contributed by atoms with Crippen molar-refractivity contribution in [3.8, 4) is 0 Å². The second-order valence-corrected chi connectivity index (χ2v) is 7.47. The van der Waals surface area contributed by atoms with Gasteiger partial charge in [0.2, 0.25) is 0 Å². The van der Waals surface area contributed by atoms with Gasteiger partial charge in [-0.15, -0.1) is 10.3 Å². The molecule has 0 rings (SSSR count). The SMILES string of the molecule is C=C[Si](OCC)(ON=C(C)C(C)C)ON=C(C)C(C)C. The van der Waals surface area contributed by atoms with Gasteiger partial charge in [-0.1, -0.05) is 34.3 Å².